The number of fused-ring (bicyclic) bond motifs is 1. The van der Waals surface area contributed by atoms with Gasteiger partial charge in [0, 0.05) is 22.8 Å². The van der Waals surface area contributed by atoms with Crippen LogP contribution in [0.4, 0.5) is 18.9 Å². The summed E-state index contributed by atoms with van der Waals surface area (Å²) in [4.78, 5) is 25.4. The predicted octanol–water partition coefficient (Wildman–Crippen LogP) is 5.82. The van der Waals surface area contributed by atoms with Crippen molar-refractivity contribution in [1.82, 2.24) is 4.98 Å². The number of amides is 1. The molecule has 1 heterocycles. The molecule has 0 saturated carbocycles. The van der Waals surface area contributed by atoms with Crippen LogP contribution in [0.25, 0.3) is 10.9 Å². The van der Waals surface area contributed by atoms with Gasteiger partial charge in [0.2, 0.25) is 5.91 Å². The number of carboxylic acids is 1. The maximum atomic E-state index is 13.7. The molecule has 0 aliphatic carbocycles. The number of hydrogen-bond acceptors (Lipinski definition) is 3. The lowest BCUT2D eigenvalue weighted by Crippen LogP contribution is -2.17. The van der Waals surface area contributed by atoms with Gasteiger partial charge < -0.3 is 20.1 Å². The lowest BCUT2D eigenvalue weighted by atomic mass is 10.0. The van der Waals surface area contributed by atoms with Crippen molar-refractivity contribution in [3.63, 3.8) is 0 Å². The Balaban J connectivity index is 2.00. The summed E-state index contributed by atoms with van der Waals surface area (Å²) in [6, 6.07) is 7.03. The Morgan fingerprint density at radius 2 is 1.90 bits per heavy atom. The molecule has 0 bridgehead atoms. The summed E-state index contributed by atoms with van der Waals surface area (Å²) in [6.45, 7) is 5.45. The standard InChI is InChI=1S/C22H21F3N2O4/c1-11(2)16-10-26-18-5-4-14(8-15(16)18)31-21-12(3)6-13(7-17(21)22(23,24)25)27-19(28)9-20(29)30/h4-8,10-11,26H,9H2,1-3H3,(H,27,28)(H,29,30). The van der Waals surface area contributed by atoms with Gasteiger partial charge >= 0.3 is 12.1 Å². The number of hydrogen-bond donors (Lipinski definition) is 3. The smallest absolute Gasteiger partial charge is 0.420 e. The number of aryl methyl sites for hydroxylation is 1. The zero-order valence-corrected chi connectivity index (χ0v) is 17.1. The third-order valence-electron chi connectivity index (χ3n) is 4.70. The molecule has 1 amide bonds. The minimum absolute atomic E-state index is 0.138. The molecule has 0 aliphatic rings. The fourth-order valence-corrected chi connectivity index (χ4v) is 3.31. The molecule has 0 aliphatic heterocycles. The lowest BCUT2D eigenvalue weighted by Gasteiger charge is -2.18. The Kier molecular flexibility index (Phi) is 5.97. The van der Waals surface area contributed by atoms with Crippen LogP contribution in [0.5, 0.6) is 11.5 Å². The van der Waals surface area contributed by atoms with E-state index in [0.717, 1.165) is 22.5 Å². The van der Waals surface area contributed by atoms with Gasteiger partial charge in [-0.2, -0.15) is 13.2 Å². The monoisotopic (exact) mass is 434 g/mol. The van der Waals surface area contributed by atoms with E-state index in [9.17, 15) is 22.8 Å². The first-order valence-electron chi connectivity index (χ1n) is 9.48. The zero-order valence-electron chi connectivity index (χ0n) is 17.1. The summed E-state index contributed by atoms with van der Waals surface area (Å²) < 4.78 is 46.9. The molecule has 1 aromatic heterocycles. The number of anilines is 1. The molecule has 2 aromatic carbocycles. The summed E-state index contributed by atoms with van der Waals surface area (Å²) in [5, 5.41) is 11.7. The number of benzene rings is 2. The van der Waals surface area contributed by atoms with Crippen molar-refractivity contribution >= 4 is 28.5 Å². The minimum atomic E-state index is -4.76. The van der Waals surface area contributed by atoms with Crippen LogP contribution in [0.1, 0.15) is 42.9 Å². The predicted molar refractivity (Wildman–Crippen MR) is 110 cm³/mol. The first kappa shape index (κ1) is 22.2. The van der Waals surface area contributed by atoms with Crippen molar-refractivity contribution in [3.05, 3.63) is 53.2 Å². The summed E-state index contributed by atoms with van der Waals surface area (Å²) in [5.74, 6) is -2.24. The van der Waals surface area contributed by atoms with Crippen molar-refractivity contribution in [2.24, 2.45) is 0 Å². The van der Waals surface area contributed by atoms with E-state index in [0.29, 0.717) is 0 Å². The van der Waals surface area contributed by atoms with Crippen LogP contribution < -0.4 is 10.1 Å². The van der Waals surface area contributed by atoms with Crippen molar-refractivity contribution in [2.45, 2.75) is 39.3 Å². The van der Waals surface area contributed by atoms with E-state index in [1.165, 1.54) is 13.0 Å². The number of H-pyrrole nitrogens is 1. The molecule has 0 radical (unpaired) electrons. The number of aliphatic carboxylic acids is 1. The Bertz CT molecular complexity index is 1150. The maximum Gasteiger partial charge on any atom is 0.420 e. The highest BCUT2D eigenvalue weighted by atomic mass is 19.4. The van der Waals surface area contributed by atoms with E-state index >= 15 is 0 Å². The van der Waals surface area contributed by atoms with Crippen molar-refractivity contribution in [1.29, 1.82) is 0 Å². The Morgan fingerprint density at radius 1 is 1.19 bits per heavy atom. The van der Waals surface area contributed by atoms with Gasteiger partial charge in [-0.05, 0) is 54.3 Å². The van der Waals surface area contributed by atoms with Crippen LogP contribution in [0.3, 0.4) is 0 Å². The molecule has 6 nitrogen and oxygen atoms in total. The zero-order chi connectivity index (χ0) is 22.9. The van der Waals surface area contributed by atoms with Gasteiger partial charge in [0.05, 0.1) is 0 Å². The fraction of sp³-hybridized carbons (Fsp3) is 0.273. The van der Waals surface area contributed by atoms with Crippen molar-refractivity contribution in [2.75, 3.05) is 5.32 Å². The fourth-order valence-electron chi connectivity index (χ4n) is 3.31. The van der Waals surface area contributed by atoms with Crippen LogP contribution in [0, 0.1) is 6.92 Å². The molecule has 0 fully saturated rings. The average Bonchev–Trinajstić information content (AvgIpc) is 3.05. The Morgan fingerprint density at radius 3 is 2.52 bits per heavy atom. The summed E-state index contributed by atoms with van der Waals surface area (Å²) in [5.41, 5.74) is 0.770. The molecule has 0 atom stereocenters. The molecule has 0 unspecified atom stereocenters. The van der Waals surface area contributed by atoms with Crippen LogP contribution >= 0.6 is 0 Å². The van der Waals surface area contributed by atoms with Crippen molar-refractivity contribution < 1.29 is 32.6 Å². The van der Waals surface area contributed by atoms with E-state index in [2.05, 4.69) is 10.3 Å². The summed E-state index contributed by atoms with van der Waals surface area (Å²) >= 11 is 0. The van der Waals surface area contributed by atoms with Crippen molar-refractivity contribution in [3.8, 4) is 11.5 Å². The molecule has 3 rings (SSSR count). The molecular formula is C22H21F3N2O4. The molecule has 9 heteroatoms. The van der Waals surface area contributed by atoms with Gasteiger partial charge in [0.15, 0.2) is 0 Å². The Labute approximate surface area is 176 Å². The van der Waals surface area contributed by atoms with E-state index in [1.807, 2.05) is 20.0 Å². The van der Waals surface area contributed by atoms with Crippen LogP contribution in [0.2, 0.25) is 0 Å². The third kappa shape index (κ3) is 4.99. The van der Waals surface area contributed by atoms with Crippen LogP contribution in [-0.4, -0.2) is 22.0 Å². The quantitative estimate of drug-likeness (QED) is 0.426. The topological polar surface area (TPSA) is 91.4 Å². The average molecular weight is 434 g/mol. The van der Waals surface area contributed by atoms with E-state index in [4.69, 9.17) is 9.84 Å². The number of halogens is 3. The molecular weight excluding hydrogens is 413 g/mol. The Hall–Kier alpha value is -3.49. The second-order valence-electron chi connectivity index (χ2n) is 7.49. The largest absolute Gasteiger partial charge is 0.481 e. The number of rotatable bonds is 6. The highest BCUT2D eigenvalue weighted by molar-refractivity contribution is 6.01. The number of carbonyl (C=O) groups excluding carboxylic acids is 1. The first-order valence-corrected chi connectivity index (χ1v) is 9.48. The number of aromatic amines is 1. The summed E-state index contributed by atoms with van der Waals surface area (Å²) in [6.07, 6.45) is -3.75. The number of aromatic nitrogens is 1. The lowest BCUT2D eigenvalue weighted by molar-refractivity contribution is -0.140. The highest BCUT2D eigenvalue weighted by Gasteiger charge is 2.36. The normalized spacial score (nSPS) is 11.7. The molecule has 164 valence electrons. The molecule has 31 heavy (non-hydrogen) atoms. The van der Waals surface area contributed by atoms with Crippen LogP contribution in [0.15, 0.2) is 36.5 Å². The number of carbonyl (C=O) groups is 2. The van der Waals surface area contributed by atoms with Gasteiger partial charge in [-0.25, -0.2) is 0 Å². The SMILES string of the molecule is Cc1cc(NC(=O)CC(=O)O)cc(C(F)(F)F)c1Oc1ccc2[nH]cc(C(C)C)c2c1. The van der Waals surface area contributed by atoms with E-state index < -0.39 is 30.0 Å². The van der Waals surface area contributed by atoms with E-state index in [1.54, 1.807) is 18.2 Å². The number of ether oxygens (including phenoxy) is 1. The molecule has 0 saturated heterocycles. The first-order chi connectivity index (χ1) is 14.5. The van der Waals surface area contributed by atoms with Gasteiger partial charge in [-0.15, -0.1) is 0 Å². The number of nitrogens with one attached hydrogen (secondary N) is 2. The van der Waals surface area contributed by atoms with Gasteiger partial charge in [0.25, 0.3) is 0 Å². The molecule has 3 N–H and O–H groups in total. The van der Waals surface area contributed by atoms with Gasteiger partial charge in [-0.3, -0.25) is 9.59 Å². The molecule has 3 aromatic rings. The molecule has 0 spiro atoms. The van der Waals surface area contributed by atoms with E-state index in [-0.39, 0.29) is 28.7 Å². The second-order valence-corrected chi connectivity index (χ2v) is 7.49. The van der Waals surface area contributed by atoms with Gasteiger partial charge in [-0.1, -0.05) is 13.8 Å². The van der Waals surface area contributed by atoms with Crippen LogP contribution in [-0.2, 0) is 15.8 Å². The number of alkyl halides is 3. The number of carboxylic acid groups (broad SMARTS) is 1. The minimum Gasteiger partial charge on any atom is -0.481 e. The second kappa shape index (κ2) is 8.33. The third-order valence-corrected chi connectivity index (χ3v) is 4.70. The van der Waals surface area contributed by atoms with Gasteiger partial charge in [0.1, 0.15) is 23.5 Å². The maximum absolute atomic E-state index is 13.7. The summed E-state index contributed by atoms with van der Waals surface area (Å²) in [7, 11) is 0. The highest BCUT2D eigenvalue weighted by Crippen LogP contribution is 2.42.